The number of likely N-dealkylation sites (tertiary alicyclic amines) is 1. The number of aldehydes is 1. The fourth-order valence-electron chi connectivity index (χ4n) is 6.01. The molecule has 1 unspecified atom stereocenters. The van der Waals surface area contributed by atoms with Crippen LogP contribution in [-0.2, 0) is 46.7 Å². The highest BCUT2D eigenvalue weighted by Crippen LogP contribution is 2.43. The van der Waals surface area contributed by atoms with Crippen molar-refractivity contribution in [3.63, 3.8) is 0 Å². The first-order valence-electron chi connectivity index (χ1n) is 15.5. The summed E-state index contributed by atoms with van der Waals surface area (Å²) < 4.78 is 7.91. The average molecular weight is 625 g/mol. The van der Waals surface area contributed by atoms with Crippen LogP contribution in [0.15, 0.2) is 35.9 Å². The second-order valence-electron chi connectivity index (χ2n) is 12.0. The Morgan fingerprint density at radius 3 is 2.39 bits per heavy atom. The first-order chi connectivity index (χ1) is 21.2. The number of aromatic nitrogens is 1. The Hall–Kier alpha value is -3.36. The van der Waals surface area contributed by atoms with E-state index in [0.717, 1.165) is 79.8 Å². The Morgan fingerprint density at radius 1 is 1.14 bits per heavy atom. The fourth-order valence-corrected chi connectivity index (χ4v) is 6.35. The smallest absolute Gasteiger partial charge is 0.209 e. The molecule has 1 N–H and O–H groups in total. The van der Waals surface area contributed by atoms with E-state index in [0.29, 0.717) is 25.0 Å². The molecule has 240 valence electrons. The molecule has 2 fully saturated rings. The molecule has 0 bridgehead atoms. The van der Waals surface area contributed by atoms with E-state index in [9.17, 15) is 14.4 Å². The number of nitrogens with one attached hydrogen (secondary N) is 1. The first kappa shape index (κ1) is 35.1. The summed E-state index contributed by atoms with van der Waals surface area (Å²) in [6.45, 7) is 10.1. The zero-order chi connectivity index (χ0) is 32.2. The second-order valence-corrected chi connectivity index (χ2v) is 12.5. The third-order valence-corrected chi connectivity index (χ3v) is 8.76. The van der Waals surface area contributed by atoms with Crippen molar-refractivity contribution in [1.29, 1.82) is 0 Å². The lowest BCUT2D eigenvalue weighted by molar-refractivity contribution is -0.124. The highest BCUT2D eigenvalue weighted by atomic mass is 35.5. The third kappa shape index (κ3) is 9.08. The minimum Gasteiger partial charge on any atom is -0.496 e. The molecule has 2 heterocycles. The van der Waals surface area contributed by atoms with Crippen LogP contribution >= 0.6 is 11.6 Å². The molecule has 8 nitrogen and oxygen atoms in total. The van der Waals surface area contributed by atoms with E-state index in [1.807, 2.05) is 39.2 Å². The molecule has 1 aromatic heterocycles. The quantitative estimate of drug-likeness (QED) is 0.240. The maximum absolute atomic E-state index is 11.6. The van der Waals surface area contributed by atoms with E-state index >= 15 is 0 Å². The molecule has 9 heteroatoms. The van der Waals surface area contributed by atoms with E-state index < -0.39 is 0 Å². The van der Waals surface area contributed by atoms with Crippen LogP contribution in [0.1, 0.15) is 72.7 Å². The van der Waals surface area contributed by atoms with Crippen molar-refractivity contribution < 1.29 is 19.1 Å². The summed E-state index contributed by atoms with van der Waals surface area (Å²) in [6, 6.07) is 6.55. The maximum atomic E-state index is 11.6. The van der Waals surface area contributed by atoms with Crippen LogP contribution in [0.3, 0.4) is 0 Å². The van der Waals surface area contributed by atoms with Crippen LogP contribution in [-0.4, -0.2) is 73.8 Å². The molecule has 3 aliphatic rings. The molecule has 1 saturated heterocycles. The topological polar surface area (TPSA) is 83.9 Å². The summed E-state index contributed by atoms with van der Waals surface area (Å²) in [5.41, 5.74) is 7.21. The van der Waals surface area contributed by atoms with Gasteiger partial charge in [-0.2, -0.15) is 0 Å². The van der Waals surface area contributed by atoms with Gasteiger partial charge >= 0.3 is 0 Å². The van der Waals surface area contributed by atoms with E-state index in [1.165, 1.54) is 35.4 Å². The van der Waals surface area contributed by atoms with Crippen LogP contribution in [0.5, 0.6) is 5.75 Å². The van der Waals surface area contributed by atoms with Gasteiger partial charge in [0.25, 0.3) is 0 Å². The van der Waals surface area contributed by atoms with Crippen molar-refractivity contribution in [3.05, 3.63) is 69.5 Å². The van der Waals surface area contributed by atoms with Gasteiger partial charge in [0.05, 0.1) is 13.7 Å². The number of ether oxygens (including phenoxy) is 1. The zero-order valence-electron chi connectivity index (χ0n) is 27.0. The van der Waals surface area contributed by atoms with Crippen molar-refractivity contribution in [2.45, 2.75) is 77.4 Å². The number of hydrogen-bond acceptors (Lipinski definition) is 5. The van der Waals surface area contributed by atoms with Crippen molar-refractivity contribution in [2.24, 2.45) is 5.92 Å². The molecule has 1 saturated carbocycles. The van der Waals surface area contributed by atoms with E-state index in [-0.39, 0.29) is 5.92 Å². The number of fused-ring (bicyclic) bond motifs is 1. The first-order valence-corrected chi connectivity index (χ1v) is 15.9. The van der Waals surface area contributed by atoms with Gasteiger partial charge in [0.2, 0.25) is 12.8 Å². The molecule has 1 aliphatic heterocycles. The van der Waals surface area contributed by atoms with Gasteiger partial charge in [-0.05, 0) is 94.3 Å². The van der Waals surface area contributed by atoms with E-state index in [4.69, 9.17) is 16.3 Å². The number of amides is 2. The summed E-state index contributed by atoms with van der Waals surface area (Å²) in [5.74, 6) is 1.83. The van der Waals surface area contributed by atoms with Gasteiger partial charge in [-0.1, -0.05) is 36.7 Å². The molecule has 44 heavy (non-hydrogen) atoms. The summed E-state index contributed by atoms with van der Waals surface area (Å²) in [5, 5.41) is 3.65. The number of rotatable bonds is 13. The summed E-state index contributed by atoms with van der Waals surface area (Å²) in [4.78, 5) is 36.4. The minimum atomic E-state index is 0.285. The van der Waals surface area contributed by atoms with Crippen LogP contribution in [0.25, 0.3) is 6.08 Å². The lowest BCUT2D eigenvalue weighted by Gasteiger charge is -2.40. The van der Waals surface area contributed by atoms with Gasteiger partial charge in [-0.15, -0.1) is 6.58 Å². The monoisotopic (exact) mass is 624 g/mol. The second kappa shape index (κ2) is 17.2. The molecular formula is C35H49ClN4O4. The summed E-state index contributed by atoms with van der Waals surface area (Å²) >= 11 is 6.54. The molecular weight excluding hydrogens is 576 g/mol. The molecule has 5 rings (SSSR count). The number of carbonyl (C=O) groups excluding carboxylic acids is 3. The largest absolute Gasteiger partial charge is 0.496 e. The van der Waals surface area contributed by atoms with Gasteiger partial charge in [-0.25, -0.2) is 0 Å². The van der Waals surface area contributed by atoms with Crippen molar-refractivity contribution in [3.8, 4) is 5.75 Å². The molecule has 0 spiro atoms. The summed E-state index contributed by atoms with van der Waals surface area (Å²) in [7, 11) is 5.75. The Bertz CT molecular complexity index is 1310. The SMILES string of the molecule is C=CC.CN(C)C1CN(C=O)C1.COc1cccc(CNC=O)c1CCc1c2c(n(CC=O)c1CC1CC1)C(C)CC(Cl)=C2. The predicted molar refractivity (Wildman–Crippen MR) is 178 cm³/mol. The summed E-state index contributed by atoms with van der Waals surface area (Å²) in [6.07, 6.45) is 12.5. The van der Waals surface area contributed by atoms with Crippen LogP contribution in [0.4, 0.5) is 0 Å². The number of methoxy groups -OCH3 is 1. The molecule has 1 aromatic carbocycles. The number of benzene rings is 1. The Morgan fingerprint density at radius 2 is 1.82 bits per heavy atom. The van der Waals surface area contributed by atoms with Gasteiger partial charge in [0, 0.05) is 53.6 Å². The van der Waals surface area contributed by atoms with Crippen LogP contribution in [0, 0.1) is 5.92 Å². The molecule has 2 amide bonds. The van der Waals surface area contributed by atoms with Crippen LogP contribution < -0.4 is 10.1 Å². The number of likely N-dealkylation sites (N-methyl/N-ethyl adjacent to an activating group) is 1. The molecule has 2 aliphatic carbocycles. The number of nitrogens with zero attached hydrogens (tertiary/aromatic N) is 3. The van der Waals surface area contributed by atoms with Gasteiger partial charge in [0.15, 0.2) is 0 Å². The van der Waals surface area contributed by atoms with Crippen molar-refractivity contribution >= 4 is 36.8 Å². The van der Waals surface area contributed by atoms with Crippen molar-refractivity contribution in [1.82, 2.24) is 19.7 Å². The van der Waals surface area contributed by atoms with E-state index in [1.54, 1.807) is 18.1 Å². The predicted octanol–water partition coefficient (Wildman–Crippen LogP) is 5.35. The third-order valence-electron chi connectivity index (χ3n) is 8.49. The molecule has 0 radical (unpaired) electrons. The molecule has 2 aromatic rings. The van der Waals surface area contributed by atoms with Gasteiger partial charge < -0.3 is 29.2 Å². The number of halogens is 1. The fraction of sp³-hybridized carbons (Fsp3) is 0.514. The normalized spacial score (nSPS) is 17.1. The maximum Gasteiger partial charge on any atom is 0.209 e. The van der Waals surface area contributed by atoms with Gasteiger partial charge in [-0.3, -0.25) is 9.59 Å². The highest BCUT2D eigenvalue weighted by molar-refractivity contribution is 6.31. The number of allylic oxidation sites excluding steroid dienone is 2. The highest BCUT2D eigenvalue weighted by Gasteiger charge is 2.32. The number of hydrogen-bond donors (Lipinski definition) is 1. The Balaban J connectivity index is 0.000000371. The Kier molecular flexibility index (Phi) is 13.7. The molecule has 1 atom stereocenters. The van der Waals surface area contributed by atoms with Crippen molar-refractivity contribution in [2.75, 3.05) is 34.3 Å². The standard InChI is InChI=1S/C26H31ClN2O3.C6H12N2O.C3H6/c1-17-12-20(27)14-23-22(24(13-18-6-7-18)29(10-11-30)26(17)23)9-8-21-19(15-28-16-31)4-3-5-25(21)32-2;1-7(2)6-3-8(4-6)5-9;1-3-2/h3-5,11,14,16-18H,6-10,12-13,15H2,1-2H3,(H,28,31);5-6H,3-4H2,1-2H3;3H,1H2,2H3. The zero-order valence-corrected chi connectivity index (χ0v) is 27.7. The Labute approximate surface area is 268 Å². The number of carbonyl (C=O) groups is 3. The minimum absolute atomic E-state index is 0.285. The van der Waals surface area contributed by atoms with E-state index in [2.05, 4.69) is 34.4 Å². The van der Waals surface area contributed by atoms with Crippen LogP contribution in [0.2, 0.25) is 0 Å². The van der Waals surface area contributed by atoms with Gasteiger partial charge in [0.1, 0.15) is 12.0 Å². The lowest BCUT2D eigenvalue weighted by Crippen LogP contribution is -2.56. The lowest BCUT2D eigenvalue weighted by atomic mass is 9.89. The average Bonchev–Trinajstić information content (AvgIpc) is 3.74.